The zero-order valence-electron chi connectivity index (χ0n) is 12.9. The SMILES string of the molecule is CCCNC1CCOCC1CN(C)CC1CCCC1. The molecule has 1 saturated heterocycles. The predicted molar refractivity (Wildman–Crippen MR) is 80.5 cm³/mol. The molecule has 0 radical (unpaired) electrons. The van der Waals surface area contributed by atoms with Gasteiger partial charge in [0.1, 0.15) is 0 Å². The highest BCUT2D eigenvalue weighted by molar-refractivity contribution is 4.82. The maximum absolute atomic E-state index is 5.70. The molecular weight excluding hydrogens is 236 g/mol. The Morgan fingerprint density at radius 2 is 1.95 bits per heavy atom. The van der Waals surface area contributed by atoms with Gasteiger partial charge in [0.2, 0.25) is 0 Å². The Hall–Kier alpha value is -0.120. The summed E-state index contributed by atoms with van der Waals surface area (Å²) in [6.07, 6.45) is 8.20. The van der Waals surface area contributed by atoms with Gasteiger partial charge >= 0.3 is 0 Å². The first-order valence-electron chi connectivity index (χ1n) is 8.29. The standard InChI is InChI=1S/C16H32N2O/c1-3-9-17-16-8-10-19-13-15(16)12-18(2)11-14-6-4-5-7-14/h14-17H,3-13H2,1-2H3. The molecular formula is C16H32N2O. The third-order valence-electron chi connectivity index (χ3n) is 4.72. The lowest BCUT2D eigenvalue weighted by Gasteiger charge is -2.35. The van der Waals surface area contributed by atoms with Crippen LogP contribution in [0.25, 0.3) is 0 Å². The Labute approximate surface area is 119 Å². The Balaban J connectivity index is 1.73. The van der Waals surface area contributed by atoms with Gasteiger partial charge in [-0.05, 0) is 45.2 Å². The van der Waals surface area contributed by atoms with E-state index in [1.54, 1.807) is 0 Å². The summed E-state index contributed by atoms with van der Waals surface area (Å²) in [5.41, 5.74) is 0. The van der Waals surface area contributed by atoms with Gasteiger partial charge in [-0.15, -0.1) is 0 Å². The van der Waals surface area contributed by atoms with Gasteiger partial charge < -0.3 is 15.0 Å². The monoisotopic (exact) mass is 268 g/mol. The van der Waals surface area contributed by atoms with Crippen LogP contribution in [0.5, 0.6) is 0 Å². The largest absolute Gasteiger partial charge is 0.381 e. The summed E-state index contributed by atoms with van der Waals surface area (Å²) in [7, 11) is 2.30. The summed E-state index contributed by atoms with van der Waals surface area (Å²) < 4.78 is 5.70. The van der Waals surface area contributed by atoms with Crippen molar-refractivity contribution in [2.24, 2.45) is 11.8 Å². The molecule has 1 saturated carbocycles. The Bertz CT molecular complexity index is 241. The van der Waals surface area contributed by atoms with E-state index in [0.717, 1.165) is 25.7 Å². The van der Waals surface area contributed by atoms with Crippen molar-refractivity contribution in [1.29, 1.82) is 0 Å². The van der Waals surface area contributed by atoms with E-state index in [1.165, 1.54) is 51.6 Å². The molecule has 0 spiro atoms. The van der Waals surface area contributed by atoms with Crippen molar-refractivity contribution in [1.82, 2.24) is 10.2 Å². The quantitative estimate of drug-likeness (QED) is 0.768. The van der Waals surface area contributed by atoms with Gasteiger partial charge in [-0.1, -0.05) is 19.8 Å². The van der Waals surface area contributed by atoms with Gasteiger partial charge in [0.05, 0.1) is 6.61 Å². The molecule has 2 rings (SSSR count). The molecule has 0 aromatic rings. The summed E-state index contributed by atoms with van der Waals surface area (Å²) in [5, 5.41) is 3.71. The van der Waals surface area contributed by atoms with Gasteiger partial charge in [0.15, 0.2) is 0 Å². The lowest BCUT2D eigenvalue weighted by atomic mass is 9.94. The molecule has 19 heavy (non-hydrogen) atoms. The lowest BCUT2D eigenvalue weighted by Crippen LogP contribution is -2.47. The highest BCUT2D eigenvalue weighted by Crippen LogP contribution is 2.26. The maximum Gasteiger partial charge on any atom is 0.0521 e. The normalized spacial score (nSPS) is 29.2. The minimum atomic E-state index is 0.666. The molecule has 0 amide bonds. The van der Waals surface area contributed by atoms with Crippen molar-refractivity contribution in [2.45, 2.75) is 51.5 Å². The van der Waals surface area contributed by atoms with E-state index in [4.69, 9.17) is 4.74 Å². The number of rotatable bonds is 7. The first kappa shape index (κ1) is 15.3. The lowest BCUT2D eigenvalue weighted by molar-refractivity contribution is 0.0183. The minimum Gasteiger partial charge on any atom is -0.381 e. The molecule has 1 aliphatic carbocycles. The number of hydrogen-bond donors (Lipinski definition) is 1. The predicted octanol–water partition coefficient (Wildman–Crippen LogP) is 2.51. The van der Waals surface area contributed by atoms with Crippen molar-refractivity contribution in [3.63, 3.8) is 0 Å². The van der Waals surface area contributed by atoms with Gasteiger partial charge in [-0.3, -0.25) is 0 Å². The summed E-state index contributed by atoms with van der Waals surface area (Å²) in [5.74, 6) is 1.63. The molecule has 3 nitrogen and oxygen atoms in total. The van der Waals surface area contributed by atoms with E-state index in [0.29, 0.717) is 12.0 Å². The van der Waals surface area contributed by atoms with Crippen LogP contribution in [0.2, 0.25) is 0 Å². The van der Waals surface area contributed by atoms with Crippen LogP contribution in [0.3, 0.4) is 0 Å². The molecule has 0 bridgehead atoms. The highest BCUT2D eigenvalue weighted by Gasteiger charge is 2.27. The second-order valence-corrected chi connectivity index (χ2v) is 6.56. The fourth-order valence-electron chi connectivity index (χ4n) is 3.68. The van der Waals surface area contributed by atoms with Crippen LogP contribution in [-0.2, 0) is 4.74 Å². The molecule has 0 aromatic carbocycles. The Morgan fingerprint density at radius 3 is 2.68 bits per heavy atom. The number of hydrogen-bond acceptors (Lipinski definition) is 3. The molecule has 2 atom stereocenters. The molecule has 1 heterocycles. The van der Waals surface area contributed by atoms with E-state index >= 15 is 0 Å². The summed E-state index contributed by atoms with van der Waals surface area (Å²) in [4.78, 5) is 2.55. The van der Waals surface area contributed by atoms with E-state index < -0.39 is 0 Å². The molecule has 2 fully saturated rings. The molecule has 112 valence electrons. The van der Waals surface area contributed by atoms with E-state index in [-0.39, 0.29) is 0 Å². The number of ether oxygens (including phenoxy) is 1. The number of nitrogens with zero attached hydrogens (tertiary/aromatic N) is 1. The van der Waals surface area contributed by atoms with Crippen molar-refractivity contribution in [3.05, 3.63) is 0 Å². The van der Waals surface area contributed by atoms with E-state index in [1.807, 2.05) is 0 Å². The van der Waals surface area contributed by atoms with Crippen LogP contribution in [0.4, 0.5) is 0 Å². The fraction of sp³-hybridized carbons (Fsp3) is 1.00. The second-order valence-electron chi connectivity index (χ2n) is 6.56. The van der Waals surface area contributed by atoms with Gasteiger partial charge in [0.25, 0.3) is 0 Å². The third-order valence-corrected chi connectivity index (χ3v) is 4.72. The molecule has 2 aliphatic rings. The second kappa shape index (κ2) is 8.23. The first-order valence-corrected chi connectivity index (χ1v) is 8.29. The summed E-state index contributed by atoms with van der Waals surface area (Å²) in [6, 6.07) is 0.666. The summed E-state index contributed by atoms with van der Waals surface area (Å²) >= 11 is 0. The van der Waals surface area contributed by atoms with Crippen LogP contribution in [-0.4, -0.2) is 50.8 Å². The van der Waals surface area contributed by atoms with E-state index in [9.17, 15) is 0 Å². The van der Waals surface area contributed by atoms with Crippen LogP contribution < -0.4 is 5.32 Å². The average Bonchev–Trinajstić information content (AvgIpc) is 2.90. The topological polar surface area (TPSA) is 24.5 Å². The van der Waals surface area contributed by atoms with Crippen molar-refractivity contribution in [3.8, 4) is 0 Å². The van der Waals surface area contributed by atoms with Gasteiger partial charge in [-0.25, -0.2) is 0 Å². The first-order chi connectivity index (χ1) is 9.29. The number of nitrogens with one attached hydrogen (secondary N) is 1. The molecule has 2 unspecified atom stereocenters. The van der Waals surface area contributed by atoms with Crippen LogP contribution in [0.15, 0.2) is 0 Å². The van der Waals surface area contributed by atoms with Crippen LogP contribution in [0.1, 0.15) is 45.4 Å². The molecule has 1 N–H and O–H groups in total. The Kier molecular flexibility index (Phi) is 6.62. The molecule has 0 aromatic heterocycles. The third kappa shape index (κ3) is 5.05. The highest BCUT2D eigenvalue weighted by atomic mass is 16.5. The Morgan fingerprint density at radius 1 is 1.16 bits per heavy atom. The van der Waals surface area contributed by atoms with Crippen LogP contribution >= 0.6 is 0 Å². The van der Waals surface area contributed by atoms with Gasteiger partial charge in [-0.2, -0.15) is 0 Å². The molecule has 3 heteroatoms. The smallest absolute Gasteiger partial charge is 0.0521 e. The molecule has 1 aliphatic heterocycles. The van der Waals surface area contributed by atoms with E-state index in [2.05, 4.69) is 24.2 Å². The zero-order valence-corrected chi connectivity index (χ0v) is 12.9. The summed E-state index contributed by atoms with van der Waals surface area (Å²) in [6.45, 7) is 7.75. The van der Waals surface area contributed by atoms with Crippen molar-refractivity contribution < 1.29 is 4.74 Å². The van der Waals surface area contributed by atoms with Gasteiger partial charge in [0, 0.05) is 31.7 Å². The average molecular weight is 268 g/mol. The minimum absolute atomic E-state index is 0.666. The van der Waals surface area contributed by atoms with Crippen molar-refractivity contribution in [2.75, 3.05) is 39.9 Å². The maximum atomic E-state index is 5.70. The van der Waals surface area contributed by atoms with Crippen molar-refractivity contribution >= 4 is 0 Å². The fourth-order valence-corrected chi connectivity index (χ4v) is 3.68. The van der Waals surface area contributed by atoms with Crippen LogP contribution in [0, 0.1) is 11.8 Å². The zero-order chi connectivity index (χ0) is 13.5.